The van der Waals surface area contributed by atoms with Crippen molar-refractivity contribution in [2.75, 3.05) is 7.11 Å². The van der Waals surface area contributed by atoms with E-state index >= 15 is 0 Å². The number of esters is 1. The summed E-state index contributed by atoms with van der Waals surface area (Å²) in [5.41, 5.74) is 1.34. The standard InChI is InChI=1S/C15H13NO4S/c1-10-7-8-13(11(9-10)15(17)20-2)21-14-6-4-3-5-12(14)16(18)19/h3-9H,1-2H3. The van der Waals surface area contributed by atoms with Gasteiger partial charge in [0.15, 0.2) is 0 Å². The predicted molar refractivity (Wildman–Crippen MR) is 79.7 cm³/mol. The molecule has 0 saturated carbocycles. The van der Waals surface area contributed by atoms with Crippen LogP contribution in [0.3, 0.4) is 0 Å². The molecule has 0 heterocycles. The molecule has 2 aromatic rings. The number of rotatable bonds is 4. The number of nitro groups is 1. The zero-order chi connectivity index (χ0) is 15.4. The van der Waals surface area contributed by atoms with E-state index in [0.29, 0.717) is 15.4 Å². The van der Waals surface area contributed by atoms with Gasteiger partial charge in [-0.05, 0) is 25.1 Å². The van der Waals surface area contributed by atoms with Crippen molar-refractivity contribution in [3.8, 4) is 0 Å². The first-order chi connectivity index (χ1) is 10.0. The summed E-state index contributed by atoms with van der Waals surface area (Å²) in [5.74, 6) is -0.459. The lowest BCUT2D eigenvalue weighted by Crippen LogP contribution is -2.03. The molecule has 108 valence electrons. The third kappa shape index (κ3) is 3.41. The Balaban J connectivity index is 2.45. The number of nitro benzene ring substituents is 1. The Morgan fingerprint density at radius 3 is 2.57 bits per heavy atom. The molecule has 0 aliphatic heterocycles. The highest BCUT2D eigenvalue weighted by Crippen LogP contribution is 2.36. The zero-order valence-electron chi connectivity index (χ0n) is 11.5. The van der Waals surface area contributed by atoms with Crippen molar-refractivity contribution in [1.29, 1.82) is 0 Å². The van der Waals surface area contributed by atoms with Crippen LogP contribution in [0.4, 0.5) is 5.69 Å². The molecule has 0 radical (unpaired) electrons. The van der Waals surface area contributed by atoms with Crippen molar-refractivity contribution in [1.82, 2.24) is 0 Å². The van der Waals surface area contributed by atoms with Crippen LogP contribution in [0.15, 0.2) is 52.3 Å². The molecule has 0 spiro atoms. The Kier molecular flexibility index (Phi) is 4.59. The second kappa shape index (κ2) is 6.41. The van der Waals surface area contributed by atoms with Crippen LogP contribution in [-0.4, -0.2) is 18.0 Å². The fourth-order valence-electron chi connectivity index (χ4n) is 1.82. The highest BCUT2D eigenvalue weighted by Gasteiger charge is 2.18. The van der Waals surface area contributed by atoms with Crippen molar-refractivity contribution in [3.05, 3.63) is 63.7 Å². The first kappa shape index (κ1) is 15.1. The molecule has 0 saturated heterocycles. The molecule has 2 aromatic carbocycles. The second-order valence-corrected chi connectivity index (χ2v) is 5.40. The lowest BCUT2D eigenvalue weighted by molar-refractivity contribution is -0.387. The average Bonchev–Trinajstić information content (AvgIpc) is 2.48. The molecule has 0 unspecified atom stereocenters. The maximum atomic E-state index is 11.8. The fraction of sp³-hybridized carbons (Fsp3) is 0.133. The molecule has 5 nitrogen and oxygen atoms in total. The van der Waals surface area contributed by atoms with E-state index in [0.717, 1.165) is 5.56 Å². The molecule has 0 amide bonds. The van der Waals surface area contributed by atoms with Gasteiger partial charge < -0.3 is 4.74 Å². The number of carbonyl (C=O) groups is 1. The fourth-order valence-corrected chi connectivity index (χ4v) is 2.83. The molecule has 0 bridgehead atoms. The molecule has 0 atom stereocenters. The minimum Gasteiger partial charge on any atom is -0.465 e. The van der Waals surface area contributed by atoms with Crippen molar-refractivity contribution >= 4 is 23.4 Å². The number of carbonyl (C=O) groups excluding carboxylic acids is 1. The largest absolute Gasteiger partial charge is 0.465 e. The summed E-state index contributed by atoms with van der Waals surface area (Å²) in [6.45, 7) is 1.87. The minimum absolute atomic E-state index is 0.0129. The Hall–Kier alpha value is -2.34. The third-order valence-electron chi connectivity index (χ3n) is 2.82. The maximum absolute atomic E-state index is 11.8. The molecule has 0 aliphatic rings. The van der Waals surface area contributed by atoms with Gasteiger partial charge in [0.25, 0.3) is 5.69 Å². The quantitative estimate of drug-likeness (QED) is 0.487. The van der Waals surface area contributed by atoms with Crippen LogP contribution in [0.5, 0.6) is 0 Å². The number of aryl methyl sites for hydroxylation is 1. The van der Waals surface area contributed by atoms with Crippen LogP contribution in [0, 0.1) is 17.0 Å². The lowest BCUT2D eigenvalue weighted by Gasteiger charge is -2.09. The predicted octanol–water partition coefficient (Wildman–Crippen LogP) is 3.84. The van der Waals surface area contributed by atoms with Crippen LogP contribution in [0.1, 0.15) is 15.9 Å². The summed E-state index contributed by atoms with van der Waals surface area (Å²) in [7, 11) is 1.31. The van der Waals surface area contributed by atoms with E-state index < -0.39 is 10.9 Å². The zero-order valence-corrected chi connectivity index (χ0v) is 12.3. The SMILES string of the molecule is COC(=O)c1cc(C)ccc1Sc1ccccc1[N+](=O)[O-]. The van der Waals surface area contributed by atoms with E-state index in [9.17, 15) is 14.9 Å². The third-order valence-corrected chi connectivity index (χ3v) is 3.96. The minimum atomic E-state index is -0.459. The number of hydrogen-bond donors (Lipinski definition) is 0. The number of para-hydroxylation sites is 1. The topological polar surface area (TPSA) is 69.4 Å². The van der Waals surface area contributed by atoms with Crippen LogP contribution < -0.4 is 0 Å². The van der Waals surface area contributed by atoms with Crippen molar-refractivity contribution < 1.29 is 14.5 Å². The normalized spacial score (nSPS) is 10.2. The van der Waals surface area contributed by atoms with Gasteiger partial charge >= 0.3 is 5.97 Å². The van der Waals surface area contributed by atoms with E-state index in [1.54, 1.807) is 30.3 Å². The lowest BCUT2D eigenvalue weighted by atomic mass is 10.1. The van der Waals surface area contributed by atoms with Crippen LogP contribution in [0.2, 0.25) is 0 Å². The van der Waals surface area contributed by atoms with E-state index in [4.69, 9.17) is 4.74 Å². The first-order valence-corrected chi connectivity index (χ1v) is 6.95. The number of benzene rings is 2. The summed E-state index contributed by atoms with van der Waals surface area (Å²) in [6.07, 6.45) is 0. The first-order valence-electron chi connectivity index (χ1n) is 6.13. The molecule has 0 fully saturated rings. The Bertz CT molecular complexity index is 700. The summed E-state index contributed by atoms with van der Waals surface area (Å²) in [6, 6.07) is 11.8. The Labute approximate surface area is 126 Å². The van der Waals surface area contributed by atoms with Gasteiger partial charge in [-0.1, -0.05) is 35.5 Å². The molecular formula is C15H13NO4S. The van der Waals surface area contributed by atoms with Crippen LogP contribution in [-0.2, 0) is 4.74 Å². The van der Waals surface area contributed by atoms with Crippen LogP contribution in [0.25, 0.3) is 0 Å². The number of methoxy groups -OCH3 is 1. The molecular weight excluding hydrogens is 290 g/mol. The van der Waals surface area contributed by atoms with Crippen LogP contribution >= 0.6 is 11.8 Å². The molecule has 6 heteroatoms. The Morgan fingerprint density at radius 1 is 1.19 bits per heavy atom. The number of hydrogen-bond acceptors (Lipinski definition) is 5. The summed E-state index contributed by atoms with van der Waals surface area (Å²) >= 11 is 1.18. The summed E-state index contributed by atoms with van der Waals surface area (Å²) in [4.78, 5) is 23.5. The van der Waals surface area contributed by atoms with Gasteiger partial charge in [0.2, 0.25) is 0 Å². The van der Waals surface area contributed by atoms with Gasteiger partial charge in [-0.15, -0.1) is 0 Å². The molecule has 0 aromatic heterocycles. The van der Waals surface area contributed by atoms with Crippen molar-refractivity contribution in [2.24, 2.45) is 0 Å². The van der Waals surface area contributed by atoms with E-state index in [1.807, 2.05) is 13.0 Å². The summed E-state index contributed by atoms with van der Waals surface area (Å²) in [5, 5.41) is 11.0. The molecule has 2 rings (SSSR count). The van der Waals surface area contributed by atoms with Gasteiger partial charge in [0, 0.05) is 11.0 Å². The monoisotopic (exact) mass is 303 g/mol. The highest BCUT2D eigenvalue weighted by molar-refractivity contribution is 7.99. The van der Waals surface area contributed by atoms with Gasteiger partial charge in [0.1, 0.15) is 0 Å². The Morgan fingerprint density at radius 2 is 1.90 bits per heavy atom. The van der Waals surface area contributed by atoms with Crippen molar-refractivity contribution in [3.63, 3.8) is 0 Å². The maximum Gasteiger partial charge on any atom is 0.339 e. The van der Waals surface area contributed by atoms with E-state index in [2.05, 4.69) is 0 Å². The number of ether oxygens (including phenoxy) is 1. The van der Waals surface area contributed by atoms with Gasteiger partial charge in [-0.2, -0.15) is 0 Å². The molecule has 0 N–H and O–H groups in total. The summed E-state index contributed by atoms with van der Waals surface area (Å²) < 4.78 is 4.76. The van der Waals surface area contributed by atoms with Gasteiger partial charge in [0.05, 0.1) is 22.5 Å². The highest BCUT2D eigenvalue weighted by atomic mass is 32.2. The van der Waals surface area contributed by atoms with E-state index in [-0.39, 0.29) is 5.69 Å². The molecule has 0 aliphatic carbocycles. The second-order valence-electron chi connectivity index (χ2n) is 4.32. The number of nitrogens with zero attached hydrogens (tertiary/aromatic N) is 1. The average molecular weight is 303 g/mol. The molecule has 21 heavy (non-hydrogen) atoms. The van der Waals surface area contributed by atoms with Gasteiger partial charge in [-0.25, -0.2) is 4.79 Å². The van der Waals surface area contributed by atoms with Crippen molar-refractivity contribution in [2.45, 2.75) is 16.7 Å². The smallest absolute Gasteiger partial charge is 0.339 e. The van der Waals surface area contributed by atoms with E-state index in [1.165, 1.54) is 24.9 Å². The van der Waals surface area contributed by atoms with Gasteiger partial charge in [-0.3, -0.25) is 10.1 Å².